The lowest BCUT2D eigenvalue weighted by atomic mass is 10.1. The molecule has 11 aromatic rings. The van der Waals surface area contributed by atoms with E-state index in [-0.39, 0.29) is 0 Å². The zero-order valence-electron chi connectivity index (χ0n) is 27.4. The number of thiophene rings is 1. The fraction of sp³-hybridized carbons (Fsp3) is 0. The number of hydrogen-bond acceptors (Lipinski definition) is 3. The normalized spacial score (nSPS) is 11.9. The van der Waals surface area contributed by atoms with Crippen LogP contribution in [0.5, 0.6) is 0 Å². The second-order valence-corrected chi connectivity index (χ2v) is 14.1. The van der Waals surface area contributed by atoms with Crippen molar-refractivity contribution < 1.29 is 0 Å². The second kappa shape index (κ2) is 11.0. The highest BCUT2D eigenvalue weighted by molar-refractivity contribution is 7.26. The molecule has 0 unspecified atom stereocenters. The minimum Gasteiger partial charge on any atom is -0.309 e. The predicted octanol–water partition coefficient (Wildman–Crippen LogP) is 12.4. The molecule has 51 heavy (non-hydrogen) atoms. The zero-order chi connectivity index (χ0) is 33.5. The summed E-state index contributed by atoms with van der Waals surface area (Å²) < 4.78 is 7.39. The molecule has 0 radical (unpaired) electrons. The molecular formula is C46H28N4S. The van der Waals surface area contributed by atoms with Gasteiger partial charge < -0.3 is 4.57 Å². The molecule has 0 aliphatic rings. The second-order valence-electron chi connectivity index (χ2n) is 13.0. The average molecular weight is 669 g/mol. The van der Waals surface area contributed by atoms with E-state index >= 15 is 0 Å². The maximum Gasteiger partial charge on any atom is 0.162 e. The van der Waals surface area contributed by atoms with E-state index < -0.39 is 0 Å². The lowest BCUT2D eigenvalue weighted by Gasteiger charge is -2.12. The van der Waals surface area contributed by atoms with Crippen LogP contribution in [-0.2, 0) is 0 Å². The maximum absolute atomic E-state index is 5.22. The van der Waals surface area contributed by atoms with Gasteiger partial charge in [-0.05, 0) is 42.5 Å². The van der Waals surface area contributed by atoms with Gasteiger partial charge >= 0.3 is 0 Å². The molecule has 0 atom stereocenters. The number of rotatable bonds is 4. The first-order valence-corrected chi connectivity index (χ1v) is 18.0. The molecule has 0 N–H and O–H groups in total. The summed E-state index contributed by atoms with van der Waals surface area (Å²) in [5, 5.41) is 7.59. The molecule has 0 spiro atoms. The number of para-hydroxylation sites is 2. The number of fused-ring (bicyclic) bond motifs is 10. The Kier molecular flexibility index (Phi) is 6.09. The standard InChI is InChI=1S/C46H28N4S/c1-3-13-29(14-4-1)37-28-43(48-46(47-37)30-15-5-2-6-16-30)50-38-20-10-7-17-32(38)36-27-31(23-25-40(36)50)49-39-21-11-8-19-35(39)44-41(49)26-24-34-33-18-9-12-22-42(33)51-45(34)44/h1-28H. The minimum absolute atomic E-state index is 0.701. The van der Waals surface area contributed by atoms with Crippen LogP contribution in [0.4, 0.5) is 0 Å². The van der Waals surface area contributed by atoms with Crippen LogP contribution < -0.4 is 0 Å². The quantitative estimate of drug-likeness (QED) is 0.187. The van der Waals surface area contributed by atoms with Crippen LogP contribution in [0.3, 0.4) is 0 Å². The van der Waals surface area contributed by atoms with Crippen LogP contribution in [0.1, 0.15) is 0 Å². The van der Waals surface area contributed by atoms with E-state index in [9.17, 15) is 0 Å². The van der Waals surface area contributed by atoms with Gasteiger partial charge in [-0.2, -0.15) is 0 Å². The van der Waals surface area contributed by atoms with E-state index in [1.54, 1.807) is 0 Å². The van der Waals surface area contributed by atoms with Crippen molar-refractivity contribution in [2.75, 3.05) is 0 Å². The van der Waals surface area contributed by atoms with E-state index in [4.69, 9.17) is 9.97 Å². The molecule has 5 heteroatoms. The molecule has 4 heterocycles. The van der Waals surface area contributed by atoms with Crippen LogP contribution in [0.2, 0.25) is 0 Å². The molecule has 4 aromatic heterocycles. The van der Waals surface area contributed by atoms with Gasteiger partial charge in [0.05, 0.1) is 27.8 Å². The molecule has 0 amide bonds. The van der Waals surface area contributed by atoms with Gasteiger partial charge in [0.1, 0.15) is 5.82 Å². The Balaban J connectivity index is 1.18. The lowest BCUT2D eigenvalue weighted by Crippen LogP contribution is -2.02. The highest BCUT2D eigenvalue weighted by Crippen LogP contribution is 2.44. The van der Waals surface area contributed by atoms with Crippen molar-refractivity contribution in [3.63, 3.8) is 0 Å². The Bertz CT molecular complexity index is 3080. The summed E-state index contributed by atoms with van der Waals surface area (Å²) in [4.78, 5) is 10.3. The van der Waals surface area contributed by atoms with Crippen molar-refractivity contribution in [1.82, 2.24) is 19.1 Å². The first-order chi connectivity index (χ1) is 25.3. The first kappa shape index (κ1) is 28.3. The van der Waals surface area contributed by atoms with Crippen molar-refractivity contribution in [2.24, 2.45) is 0 Å². The van der Waals surface area contributed by atoms with Gasteiger partial charge in [-0.15, -0.1) is 11.3 Å². The van der Waals surface area contributed by atoms with Crippen molar-refractivity contribution in [1.29, 1.82) is 0 Å². The van der Waals surface area contributed by atoms with Gasteiger partial charge in [-0.25, -0.2) is 9.97 Å². The van der Waals surface area contributed by atoms with Gasteiger partial charge in [0, 0.05) is 64.6 Å². The third-order valence-electron chi connectivity index (χ3n) is 10.1. The summed E-state index contributed by atoms with van der Waals surface area (Å²) in [5.41, 5.74) is 8.69. The van der Waals surface area contributed by atoms with Gasteiger partial charge in [-0.3, -0.25) is 4.57 Å². The Morgan fingerprint density at radius 2 is 1.04 bits per heavy atom. The summed E-state index contributed by atoms with van der Waals surface area (Å²) >= 11 is 1.89. The molecule has 0 aliphatic heterocycles. The molecule has 0 bridgehead atoms. The molecule has 0 saturated carbocycles. The summed E-state index contributed by atoms with van der Waals surface area (Å²) in [6.45, 7) is 0. The van der Waals surface area contributed by atoms with E-state index in [0.29, 0.717) is 5.82 Å². The molecule has 0 saturated heterocycles. The largest absolute Gasteiger partial charge is 0.309 e. The molecule has 0 fully saturated rings. The third-order valence-corrected chi connectivity index (χ3v) is 11.3. The van der Waals surface area contributed by atoms with E-state index in [0.717, 1.165) is 39.4 Å². The van der Waals surface area contributed by atoms with Crippen molar-refractivity contribution >= 4 is 75.1 Å². The molecular weight excluding hydrogens is 641 g/mol. The highest BCUT2D eigenvalue weighted by Gasteiger charge is 2.20. The van der Waals surface area contributed by atoms with Crippen molar-refractivity contribution in [3.8, 4) is 34.2 Å². The molecule has 4 nitrogen and oxygen atoms in total. The van der Waals surface area contributed by atoms with Crippen LogP contribution >= 0.6 is 11.3 Å². The number of hydrogen-bond donors (Lipinski definition) is 0. The van der Waals surface area contributed by atoms with E-state index in [2.05, 4.69) is 155 Å². The van der Waals surface area contributed by atoms with E-state index in [1.165, 1.54) is 52.8 Å². The van der Waals surface area contributed by atoms with Crippen LogP contribution in [0.25, 0.3) is 97.9 Å². The molecule has 7 aromatic carbocycles. The lowest BCUT2D eigenvalue weighted by molar-refractivity contribution is 1.05. The summed E-state index contributed by atoms with van der Waals surface area (Å²) in [7, 11) is 0. The van der Waals surface area contributed by atoms with Crippen LogP contribution in [0, 0.1) is 0 Å². The summed E-state index contributed by atoms with van der Waals surface area (Å²) in [6.07, 6.45) is 0. The van der Waals surface area contributed by atoms with Crippen LogP contribution in [0.15, 0.2) is 170 Å². The fourth-order valence-corrected chi connectivity index (χ4v) is 9.14. The van der Waals surface area contributed by atoms with Crippen molar-refractivity contribution in [2.45, 2.75) is 0 Å². The Labute approximate surface area is 297 Å². The van der Waals surface area contributed by atoms with Crippen LogP contribution in [-0.4, -0.2) is 19.1 Å². The van der Waals surface area contributed by atoms with Gasteiger partial charge in [0.25, 0.3) is 0 Å². The monoisotopic (exact) mass is 668 g/mol. The Morgan fingerprint density at radius 3 is 1.84 bits per heavy atom. The highest BCUT2D eigenvalue weighted by atomic mass is 32.1. The van der Waals surface area contributed by atoms with E-state index in [1.807, 2.05) is 35.6 Å². The summed E-state index contributed by atoms with van der Waals surface area (Å²) in [6, 6.07) is 60.5. The first-order valence-electron chi connectivity index (χ1n) is 17.2. The number of benzene rings is 7. The van der Waals surface area contributed by atoms with Gasteiger partial charge in [0.15, 0.2) is 5.82 Å². The SMILES string of the molecule is c1ccc(-c2cc(-n3c4ccccc4c4cc(-n5c6ccccc6c6c7sc8ccccc8c7ccc65)ccc43)nc(-c3ccccc3)n2)cc1. The van der Waals surface area contributed by atoms with Crippen molar-refractivity contribution in [3.05, 3.63) is 170 Å². The number of aromatic nitrogens is 4. The third kappa shape index (κ3) is 4.25. The summed E-state index contributed by atoms with van der Waals surface area (Å²) in [5.74, 6) is 1.54. The maximum atomic E-state index is 5.22. The number of nitrogens with zero attached hydrogens (tertiary/aromatic N) is 4. The average Bonchev–Trinajstić information content (AvgIpc) is 3.86. The predicted molar refractivity (Wildman–Crippen MR) is 214 cm³/mol. The molecule has 11 rings (SSSR count). The minimum atomic E-state index is 0.701. The topological polar surface area (TPSA) is 35.6 Å². The Hall–Kier alpha value is -6.56. The zero-order valence-corrected chi connectivity index (χ0v) is 28.2. The Morgan fingerprint density at radius 1 is 0.412 bits per heavy atom. The molecule has 0 aliphatic carbocycles. The smallest absolute Gasteiger partial charge is 0.162 e. The fourth-order valence-electron chi connectivity index (χ4n) is 7.88. The molecule has 238 valence electrons. The van der Waals surface area contributed by atoms with Gasteiger partial charge in [-0.1, -0.05) is 121 Å². The van der Waals surface area contributed by atoms with Gasteiger partial charge in [0.2, 0.25) is 0 Å².